The molecule has 8 heteroatoms. The lowest BCUT2D eigenvalue weighted by molar-refractivity contribution is -0.121. The number of ether oxygens (including phenoxy) is 2. The van der Waals surface area contributed by atoms with E-state index < -0.39 is 5.97 Å². The predicted octanol–water partition coefficient (Wildman–Crippen LogP) is 5.94. The Bertz CT molecular complexity index is 1290. The zero-order chi connectivity index (χ0) is 24.1. The fraction of sp³-hybridized carbons (Fsp3) is 0.115. The smallest absolute Gasteiger partial charge is 0.337 e. The molecule has 0 unspecified atom stereocenters. The van der Waals surface area contributed by atoms with Crippen molar-refractivity contribution >= 4 is 52.2 Å². The molecule has 34 heavy (non-hydrogen) atoms. The lowest BCUT2D eigenvalue weighted by Crippen LogP contribution is -2.23. The van der Waals surface area contributed by atoms with E-state index in [1.54, 1.807) is 37.4 Å². The molecule has 1 heterocycles. The zero-order valence-corrected chi connectivity index (χ0v) is 20.1. The van der Waals surface area contributed by atoms with Crippen molar-refractivity contribution in [2.75, 3.05) is 14.2 Å². The summed E-state index contributed by atoms with van der Waals surface area (Å²) >= 11 is 7.51. The number of hydrogen-bond acceptors (Lipinski definition) is 6. The first-order valence-corrected chi connectivity index (χ1v) is 11.6. The third kappa shape index (κ3) is 5.32. The zero-order valence-electron chi connectivity index (χ0n) is 18.5. The quantitative estimate of drug-likeness (QED) is 0.314. The van der Waals surface area contributed by atoms with Crippen molar-refractivity contribution < 1.29 is 19.1 Å². The van der Waals surface area contributed by atoms with Gasteiger partial charge in [0, 0.05) is 23.2 Å². The first kappa shape index (κ1) is 23.6. The summed E-state index contributed by atoms with van der Waals surface area (Å²) in [6.45, 7) is 0.315. The molecule has 1 fully saturated rings. The third-order valence-corrected chi connectivity index (χ3v) is 6.49. The maximum Gasteiger partial charge on any atom is 0.337 e. The minimum atomic E-state index is -0.414. The highest BCUT2D eigenvalue weighted by Gasteiger charge is 2.30. The molecule has 0 N–H and O–H groups in total. The van der Waals surface area contributed by atoms with Crippen LogP contribution in [0.25, 0.3) is 6.08 Å². The van der Waals surface area contributed by atoms with Gasteiger partial charge in [-0.05, 0) is 54.2 Å². The second kappa shape index (κ2) is 10.6. The molecular weight excluding hydrogens is 472 g/mol. The SMILES string of the molecule is COC(=O)c1ccc(N=C2SC(=Cc3ccccc3OCc3ccccc3Cl)C(=O)N2C)cc1. The van der Waals surface area contributed by atoms with E-state index in [9.17, 15) is 9.59 Å². The van der Waals surface area contributed by atoms with Gasteiger partial charge in [0.2, 0.25) is 0 Å². The number of hydrogen-bond donors (Lipinski definition) is 0. The van der Waals surface area contributed by atoms with E-state index in [0.717, 1.165) is 11.1 Å². The second-order valence-corrected chi connectivity index (χ2v) is 8.74. The number of esters is 1. The molecule has 6 nitrogen and oxygen atoms in total. The van der Waals surface area contributed by atoms with Gasteiger partial charge in [0.05, 0.1) is 23.3 Å². The molecule has 1 aliphatic heterocycles. The van der Waals surface area contributed by atoms with Gasteiger partial charge in [0.1, 0.15) is 12.4 Å². The summed E-state index contributed by atoms with van der Waals surface area (Å²) in [7, 11) is 3.01. The summed E-state index contributed by atoms with van der Waals surface area (Å²) in [5.41, 5.74) is 2.72. The van der Waals surface area contributed by atoms with Gasteiger partial charge < -0.3 is 9.47 Å². The second-order valence-electron chi connectivity index (χ2n) is 7.33. The third-order valence-electron chi connectivity index (χ3n) is 5.06. The number of amidine groups is 1. The average molecular weight is 493 g/mol. The van der Waals surface area contributed by atoms with Crippen LogP contribution in [0.4, 0.5) is 5.69 Å². The van der Waals surface area contributed by atoms with Gasteiger partial charge in [-0.1, -0.05) is 48.0 Å². The van der Waals surface area contributed by atoms with E-state index in [1.165, 1.54) is 23.8 Å². The standard InChI is InChI=1S/C26H21ClN2O4S/c1-29-24(30)23(34-26(29)28-20-13-11-17(12-14-20)25(31)32-2)15-18-7-4-6-10-22(18)33-16-19-8-3-5-9-21(19)27/h3-15H,16H2,1-2H3. The van der Waals surface area contributed by atoms with Crippen LogP contribution in [0, 0.1) is 0 Å². The van der Waals surface area contributed by atoms with Gasteiger partial charge >= 0.3 is 5.97 Å². The first-order chi connectivity index (χ1) is 16.5. The number of carbonyl (C=O) groups excluding carboxylic acids is 2. The molecule has 1 saturated heterocycles. The van der Waals surface area contributed by atoms with Gasteiger partial charge in [0.25, 0.3) is 5.91 Å². The largest absolute Gasteiger partial charge is 0.488 e. The molecule has 0 aromatic heterocycles. The molecule has 0 aliphatic carbocycles. The summed E-state index contributed by atoms with van der Waals surface area (Å²) < 4.78 is 10.7. The Kier molecular flexibility index (Phi) is 7.35. The van der Waals surface area contributed by atoms with Gasteiger partial charge in [0.15, 0.2) is 5.17 Å². The maximum atomic E-state index is 12.9. The van der Waals surface area contributed by atoms with Crippen molar-refractivity contribution in [3.63, 3.8) is 0 Å². The summed E-state index contributed by atoms with van der Waals surface area (Å²) in [6, 6.07) is 21.7. The number of methoxy groups -OCH3 is 1. The van der Waals surface area contributed by atoms with Gasteiger partial charge in [-0.25, -0.2) is 9.79 Å². The van der Waals surface area contributed by atoms with Crippen LogP contribution >= 0.6 is 23.4 Å². The Hall–Kier alpha value is -3.55. The molecule has 1 aliphatic rings. The van der Waals surface area contributed by atoms with Gasteiger partial charge in [-0.3, -0.25) is 9.69 Å². The number of likely N-dealkylation sites (N-methyl/N-ethyl adjacent to an activating group) is 1. The first-order valence-electron chi connectivity index (χ1n) is 10.4. The van der Waals surface area contributed by atoms with Gasteiger partial charge in [-0.15, -0.1) is 0 Å². The Morgan fingerprint density at radius 1 is 1.06 bits per heavy atom. The lowest BCUT2D eigenvalue weighted by Gasteiger charge is -2.10. The molecule has 0 atom stereocenters. The fourth-order valence-electron chi connectivity index (χ4n) is 3.20. The Morgan fingerprint density at radius 2 is 1.76 bits per heavy atom. The van der Waals surface area contributed by atoms with E-state index >= 15 is 0 Å². The Balaban J connectivity index is 1.54. The predicted molar refractivity (Wildman–Crippen MR) is 135 cm³/mol. The van der Waals surface area contributed by atoms with Crippen molar-refractivity contribution in [2.45, 2.75) is 6.61 Å². The van der Waals surface area contributed by atoms with E-state index in [1.807, 2.05) is 48.5 Å². The van der Waals surface area contributed by atoms with E-state index in [4.69, 9.17) is 21.1 Å². The maximum absolute atomic E-state index is 12.9. The van der Waals surface area contributed by atoms with Crippen LogP contribution in [0.1, 0.15) is 21.5 Å². The lowest BCUT2D eigenvalue weighted by atomic mass is 10.1. The van der Waals surface area contributed by atoms with Crippen molar-refractivity contribution in [1.82, 2.24) is 4.90 Å². The van der Waals surface area contributed by atoms with Crippen LogP contribution in [-0.2, 0) is 16.1 Å². The molecule has 172 valence electrons. The minimum absolute atomic E-state index is 0.157. The van der Waals surface area contributed by atoms with Crippen LogP contribution in [0.2, 0.25) is 5.02 Å². The normalized spacial score (nSPS) is 15.7. The van der Waals surface area contributed by atoms with Crippen LogP contribution in [0.5, 0.6) is 5.75 Å². The number of aliphatic imine (C=N–C) groups is 1. The number of carbonyl (C=O) groups is 2. The van der Waals surface area contributed by atoms with Crippen LogP contribution in [-0.4, -0.2) is 36.1 Å². The average Bonchev–Trinajstić information content (AvgIpc) is 3.12. The summed E-state index contributed by atoms with van der Waals surface area (Å²) in [5.74, 6) is 0.0768. The van der Waals surface area contributed by atoms with Crippen molar-refractivity contribution in [1.29, 1.82) is 0 Å². The number of thioether (sulfide) groups is 1. The molecule has 0 spiro atoms. The highest BCUT2D eigenvalue weighted by atomic mass is 35.5. The highest BCUT2D eigenvalue weighted by molar-refractivity contribution is 8.18. The number of nitrogens with zero attached hydrogens (tertiary/aromatic N) is 2. The topological polar surface area (TPSA) is 68.2 Å². The molecule has 3 aromatic carbocycles. The van der Waals surface area contributed by atoms with E-state index in [0.29, 0.717) is 38.7 Å². The number of benzene rings is 3. The van der Waals surface area contributed by atoms with Crippen molar-refractivity contribution in [3.8, 4) is 5.75 Å². The van der Waals surface area contributed by atoms with Crippen LogP contribution in [0.3, 0.4) is 0 Å². The molecule has 4 rings (SSSR count). The molecule has 3 aromatic rings. The van der Waals surface area contributed by atoms with Crippen molar-refractivity contribution in [2.24, 2.45) is 4.99 Å². The number of amides is 1. The summed E-state index contributed by atoms with van der Waals surface area (Å²) in [6.07, 6.45) is 1.80. The molecule has 0 radical (unpaired) electrons. The highest BCUT2D eigenvalue weighted by Crippen LogP contribution is 2.35. The van der Waals surface area contributed by atoms with Crippen LogP contribution < -0.4 is 4.74 Å². The molecule has 1 amide bonds. The minimum Gasteiger partial charge on any atom is -0.488 e. The van der Waals surface area contributed by atoms with Crippen LogP contribution in [0.15, 0.2) is 82.7 Å². The Labute approximate surface area is 206 Å². The summed E-state index contributed by atoms with van der Waals surface area (Å²) in [5, 5.41) is 1.18. The molecule has 0 bridgehead atoms. The van der Waals surface area contributed by atoms with E-state index in [2.05, 4.69) is 4.99 Å². The van der Waals surface area contributed by atoms with Crippen molar-refractivity contribution in [3.05, 3.63) is 99.4 Å². The fourth-order valence-corrected chi connectivity index (χ4v) is 4.36. The number of rotatable bonds is 6. The van der Waals surface area contributed by atoms with E-state index in [-0.39, 0.29) is 5.91 Å². The molecule has 0 saturated carbocycles. The summed E-state index contributed by atoms with van der Waals surface area (Å²) in [4.78, 5) is 31.1. The molecular formula is C26H21ClN2O4S. The number of halogens is 1. The Morgan fingerprint density at radius 3 is 2.50 bits per heavy atom. The van der Waals surface area contributed by atoms with Gasteiger partial charge in [-0.2, -0.15) is 0 Å². The number of para-hydroxylation sites is 1. The monoisotopic (exact) mass is 492 g/mol.